The van der Waals surface area contributed by atoms with Crippen LogP contribution in [0.25, 0.3) is 0 Å². The van der Waals surface area contributed by atoms with Crippen LogP contribution in [0, 0.1) is 5.82 Å². The third-order valence-corrected chi connectivity index (χ3v) is 2.42. The molecule has 1 heterocycles. The van der Waals surface area contributed by atoms with Crippen LogP contribution in [0.15, 0.2) is 24.1 Å². The highest BCUT2D eigenvalue weighted by atomic mass is 32.1. The third-order valence-electron chi connectivity index (χ3n) is 1.54. The monoisotopic (exact) mass is 199 g/mol. The lowest BCUT2D eigenvalue weighted by atomic mass is 10.3. The zero-order chi connectivity index (χ0) is 9.84. The van der Waals surface area contributed by atoms with Gasteiger partial charge in [-0.05, 0) is 18.4 Å². The Labute approximate surface area is 80.1 Å². The third kappa shape index (κ3) is 2.39. The van der Waals surface area contributed by atoms with E-state index in [4.69, 9.17) is 0 Å². The van der Waals surface area contributed by atoms with Crippen molar-refractivity contribution in [3.8, 4) is 0 Å². The molecule has 0 saturated heterocycles. The van der Waals surface area contributed by atoms with E-state index in [1.54, 1.807) is 18.4 Å². The SMILES string of the molecule is C=CC(C)NC(=O)c1sccc1F. The van der Waals surface area contributed by atoms with E-state index in [0.29, 0.717) is 0 Å². The molecule has 13 heavy (non-hydrogen) atoms. The molecule has 1 amide bonds. The van der Waals surface area contributed by atoms with Gasteiger partial charge in [-0.2, -0.15) is 0 Å². The summed E-state index contributed by atoms with van der Waals surface area (Å²) >= 11 is 1.09. The largest absolute Gasteiger partial charge is 0.345 e. The van der Waals surface area contributed by atoms with Gasteiger partial charge in [-0.1, -0.05) is 6.08 Å². The maximum absolute atomic E-state index is 12.9. The molecule has 1 rings (SSSR count). The van der Waals surface area contributed by atoms with Gasteiger partial charge < -0.3 is 5.32 Å². The van der Waals surface area contributed by atoms with Crippen LogP contribution >= 0.6 is 11.3 Å². The van der Waals surface area contributed by atoms with Crippen molar-refractivity contribution in [2.45, 2.75) is 13.0 Å². The van der Waals surface area contributed by atoms with E-state index in [1.165, 1.54) is 6.07 Å². The Morgan fingerprint density at radius 1 is 1.85 bits per heavy atom. The topological polar surface area (TPSA) is 29.1 Å². The first-order valence-corrected chi connectivity index (χ1v) is 4.69. The Morgan fingerprint density at radius 3 is 3.00 bits per heavy atom. The van der Waals surface area contributed by atoms with Crippen LogP contribution in [0.4, 0.5) is 4.39 Å². The first-order valence-electron chi connectivity index (χ1n) is 3.81. The number of amides is 1. The first kappa shape index (κ1) is 9.92. The van der Waals surface area contributed by atoms with Gasteiger partial charge in [0.05, 0.1) is 0 Å². The molecule has 1 unspecified atom stereocenters. The van der Waals surface area contributed by atoms with Gasteiger partial charge in [-0.3, -0.25) is 4.79 Å². The molecule has 1 atom stereocenters. The maximum Gasteiger partial charge on any atom is 0.264 e. The van der Waals surface area contributed by atoms with Crippen molar-refractivity contribution in [2.75, 3.05) is 0 Å². The highest BCUT2D eigenvalue weighted by molar-refractivity contribution is 7.12. The number of rotatable bonds is 3. The van der Waals surface area contributed by atoms with Gasteiger partial charge in [0.2, 0.25) is 0 Å². The van der Waals surface area contributed by atoms with Crippen LogP contribution in [0.2, 0.25) is 0 Å². The molecule has 1 aromatic rings. The van der Waals surface area contributed by atoms with E-state index >= 15 is 0 Å². The Balaban J connectivity index is 2.69. The molecule has 0 aliphatic rings. The van der Waals surface area contributed by atoms with Crippen molar-refractivity contribution >= 4 is 17.2 Å². The molecule has 0 radical (unpaired) electrons. The highest BCUT2D eigenvalue weighted by Gasteiger charge is 2.13. The fourth-order valence-corrected chi connectivity index (χ4v) is 1.46. The number of thiophene rings is 1. The molecule has 2 nitrogen and oxygen atoms in total. The number of hydrogen-bond donors (Lipinski definition) is 1. The molecule has 0 saturated carbocycles. The lowest BCUT2D eigenvalue weighted by Gasteiger charge is -2.07. The van der Waals surface area contributed by atoms with Crippen LogP contribution in [0.5, 0.6) is 0 Å². The fourth-order valence-electron chi connectivity index (χ4n) is 0.787. The summed E-state index contributed by atoms with van der Waals surface area (Å²) in [6, 6.07) is 1.13. The molecule has 0 aromatic carbocycles. The van der Waals surface area contributed by atoms with Crippen LogP contribution in [-0.2, 0) is 0 Å². The van der Waals surface area contributed by atoms with Crippen LogP contribution in [0.1, 0.15) is 16.6 Å². The Morgan fingerprint density at radius 2 is 2.54 bits per heavy atom. The van der Waals surface area contributed by atoms with Crippen molar-refractivity contribution in [1.29, 1.82) is 0 Å². The van der Waals surface area contributed by atoms with Gasteiger partial charge in [0.25, 0.3) is 5.91 Å². The number of halogens is 1. The van der Waals surface area contributed by atoms with E-state index in [0.717, 1.165) is 11.3 Å². The Kier molecular flexibility index (Phi) is 3.19. The highest BCUT2D eigenvalue weighted by Crippen LogP contribution is 2.14. The smallest absolute Gasteiger partial charge is 0.264 e. The van der Waals surface area contributed by atoms with Crippen molar-refractivity contribution in [2.24, 2.45) is 0 Å². The van der Waals surface area contributed by atoms with Crippen molar-refractivity contribution in [3.63, 3.8) is 0 Å². The molecule has 70 valence electrons. The second kappa shape index (κ2) is 4.18. The van der Waals surface area contributed by atoms with Crippen LogP contribution < -0.4 is 5.32 Å². The summed E-state index contributed by atoms with van der Waals surface area (Å²) in [4.78, 5) is 11.4. The number of nitrogens with one attached hydrogen (secondary N) is 1. The zero-order valence-corrected chi connectivity index (χ0v) is 8.03. The van der Waals surface area contributed by atoms with Gasteiger partial charge in [0.1, 0.15) is 10.7 Å². The lowest BCUT2D eigenvalue weighted by molar-refractivity contribution is 0.0947. The minimum absolute atomic E-state index is 0.119. The molecule has 0 aliphatic carbocycles. The Hall–Kier alpha value is -1.16. The molecule has 1 N–H and O–H groups in total. The molecule has 1 aromatic heterocycles. The quantitative estimate of drug-likeness (QED) is 0.743. The Bertz CT molecular complexity index is 321. The van der Waals surface area contributed by atoms with E-state index in [-0.39, 0.29) is 16.8 Å². The van der Waals surface area contributed by atoms with Gasteiger partial charge in [0.15, 0.2) is 0 Å². The molecule has 0 fully saturated rings. The summed E-state index contributed by atoms with van der Waals surface area (Å²) in [6.07, 6.45) is 1.59. The fraction of sp³-hybridized carbons (Fsp3) is 0.222. The molecule has 0 spiro atoms. The van der Waals surface area contributed by atoms with Gasteiger partial charge in [0, 0.05) is 6.04 Å². The summed E-state index contributed by atoms with van der Waals surface area (Å²) in [7, 11) is 0. The minimum Gasteiger partial charge on any atom is -0.345 e. The van der Waals surface area contributed by atoms with Gasteiger partial charge in [-0.15, -0.1) is 17.9 Å². The summed E-state index contributed by atoms with van der Waals surface area (Å²) in [5, 5.41) is 4.13. The predicted octanol–water partition coefficient (Wildman–Crippen LogP) is 2.19. The average Bonchev–Trinajstić information content (AvgIpc) is 2.51. The van der Waals surface area contributed by atoms with E-state index in [2.05, 4.69) is 11.9 Å². The standard InChI is InChI=1S/C9H10FNOS/c1-3-6(2)11-9(12)8-7(10)4-5-13-8/h3-6H,1H2,2H3,(H,11,12). The summed E-state index contributed by atoms with van der Waals surface area (Å²) in [5.41, 5.74) is 0. The second-order valence-corrected chi connectivity index (χ2v) is 3.51. The van der Waals surface area contributed by atoms with Crippen molar-refractivity contribution in [3.05, 3.63) is 34.8 Å². The number of carbonyl (C=O) groups is 1. The van der Waals surface area contributed by atoms with Crippen LogP contribution in [0.3, 0.4) is 0 Å². The average molecular weight is 199 g/mol. The zero-order valence-electron chi connectivity index (χ0n) is 7.21. The predicted molar refractivity (Wildman–Crippen MR) is 51.4 cm³/mol. The van der Waals surface area contributed by atoms with Gasteiger partial charge in [-0.25, -0.2) is 4.39 Å². The van der Waals surface area contributed by atoms with Crippen molar-refractivity contribution < 1.29 is 9.18 Å². The van der Waals surface area contributed by atoms with Crippen molar-refractivity contribution in [1.82, 2.24) is 5.32 Å². The van der Waals surface area contributed by atoms with E-state index < -0.39 is 5.82 Å². The minimum atomic E-state index is -0.473. The normalized spacial score (nSPS) is 12.2. The number of hydrogen-bond acceptors (Lipinski definition) is 2. The number of carbonyl (C=O) groups excluding carboxylic acids is 1. The molecule has 0 aliphatic heterocycles. The van der Waals surface area contributed by atoms with Crippen LogP contribution in [-0.4, -0.2) is 11.9 Å². The summed E-state index contributed by atoms with van der Waals surface area (Å²) in [6.45, 7) is 5.29. The summed E-state index contributed by atoms with van der Waals surface area (Å²) in [5.74, 6) is -0.862. The molecule has 0 bridgehead atoms. The molecule has 4 heteroatoms. The summed E-state index contributed by atoms with van der Waals surface area (Å²) < 4.78 is 12.9. The lowest BCUT2D eigenvalue weighted by Crippen LogP contribution is -2.30. The maximum atomic E-state index is 12.9. The molecular formula is C9H10FNOS. The first-order chi connectivity index (χ1) is 6.15. The van der Waals surface area contributed by atoms with E-state index in [1.807, 2.05) is 0 Å². The van der Waals surface area contributed by atoms with Gasteiger partial charge >= 0.3 is 0 Å². The van der Waals surface area contributed by atoms with E-state index in [9.17, 15) is 9.18 Å². The molecular weight excluding hydrogens is 189 g/mol. The second-order valence-electron chi connectivity index (χ2n) is 2.60.